The van der Waals surface area contributed by atoms with E-state index in [2.05, 4.69) is 22.9 Å². The standard InChI is InChI=1S/C10H13BrO2/c1-2-3-7-6-10(7,12)8-4-5-13-9(8)11/h4-5,7,12H,2-3,6H2,1H3. The first-order valence-corrected chi connectivity index (χ1v) is 5.43. The van der Waals surface area contributed by atoms with Crippen LogP contribution < -0.4 is 0 Å². The van der Waals surface area contributed by atoms with E-state index in [1.807, 2.05) is 6.07 Å². The van der Waals surface area contributed by atoms with Crippen LogP contribution >= 0.6 is 15.9 Å². The number of halogens is 1. The van der Waals surface area contributed by atoms with E-state index in [9.17, 15) is 5.11 Å². The van der Waals surface area contributed by atoms with Gasteiger partial charge in [0.15, 0.2) is 4.67 Å². The van der Waals surface area contributed by atoms with Gasteiger partial charge >= 0.3 is 0 Å². The van der Waals surface area contributed by atoms with Crippen molar-refractivity contribution in [1.82, 2.24) is 0 Å². The van der Waals surface area contributed by atoms with Crippen LogP contribution in [0.2, 0.25) is 0 Å². The van der Waals surface area contributed by atoms with Crippen molar-refractivity contribution >= 4 is 15.9 Å². The third-order valence-electron chi connectivity index (χ3n) is 2.79. The first-order chi connectivity index (χ1) is 6.18. The highest BCUT2D eigenvalue weighted by atomic mass is 79.9. The molecular formula is C10H13BrO2. The highest BCUT2D eigenvalue weighted by molar-refractivity contribution is 9.10. The Balaban J connectivity index is 2.15. The Morgan fingerprint density at radius 2 is 2.54 bits per heavy atom. The van der Waals surface area contributed by atoms with Gasteiger partial charge in [-0.2, -0.15) is 0 Å². The average Bonchev–Trinajstić information content (AvgIpc) is 2.56. The molecule has 1 fully saturated rings. The summed E-state index contributed by atoms with van der Waals surface area (Å²) < 4.78 is 5.79. The number of hydrogen-bond donors (Lipinski definition) is 1. The summed E-state index contributed by atoms with van der Waals surface area (Å²) in [6.45, 7) is 2.14. The van der Waals surface area contributed by atoms with Gasteiger partial charge in [-0.05, 0) is 40.8 Å². The fraction of sp³-hybridized carbons (Fsp3) is 0.600. The highest BCUT2D eigenvalue weighted by Gasteiger charge is 2.54. The lowest BCUT2D eigenvalue weighted by molar-refractivity contribution is 0.127. The maximum atomic E-state index is 10.2. The highest BCUT2D eigenvalue weighted by Crippen LogP contribution is 2.56. The second-order valence-corrected chi connectivity index (χ2v) is 4.44. The molecule has 1 aliphatic carbocycles. The number of rotatable bonds is 3. The maximum absolute atomic E-state index is 10.2. The van der Waals surface area contributed by atoms with Crippen LogP contribution in [0.25, 0.3) is 0 Å². The molecule has 0 aliphatic heterocycles. The third-order valence-corrected chi connectivity index (χ3v) is 3.41. The van der Waals surface area contributed by atoms with Crippen molar-refractivity contribution in [2.24, 2.45) is 5.92 Å². The van der Waals surface area contributed by atoms with Gasteiger partial charge in [0.2, 0.25) is 0 Å². The number of aliphatic hydroxyl groups is 1. The van der Waals surface area contributed by atoms with Crippen LogP contribution in [-0.4, -0.2) is 5.11 Å². The molecular weight excluding hydrogens is 232 g/mol. The molecule has 0 saturated heterocycles. The summed E-state index contributed by atoms with van der Waals surface area (Å²) in [5, 5.41) is 10.2. The molecule has 2 rings (SSSR count). The molecule has 0 radical (unpaired) electrons. The molecule has 1 N–H and O–H groups in total. The van der Waals surface area contributed by atoms with Gasteiger partial charge in [0, 0.05) is 5.56 Å². The van der Waals surface area contributed by atoms with E-state index in [4.69, 9.17) is 4.42 Å². The first kappa shape index (κ1) is 9.28. The summed E-state index contributed by atoms with van der Waals surface area (Å²) in [5.41, 5.74) is 0.299. The molecule has 3 heteroatoms. The van der Waals surface area contributed by atoms with E-state index < -0.39 is 5.60 Å². The predicted octanol–water partition coefficient (Wildman–Crippen LogP) is 3.05. The van der Waals surface area contributed by atoms with Crippen LogP contribution in [0.15, 0.2) is 21.4 Å². The van der Waals surface area contributed by atoms with Crippen molar-refractivity contribution in [2.45, 2.75) is 31.8 Å². The van der Waals surface area contributed by atoms with E-state index in [-0.39, 0.29) is 0 Å². The van der Waals surface area contributed by atoms with E-state index in [1.54, 1.807) is 6.26 Å². The second-order valence-electron chi connectivity index (χ2n) is 3.72. The lowest BCUT2D eigenvalue weighted by atomic mass is 10.1. The molecule has 1 saturated carbocycles. The van der Waals surface area contributed by atoms with Crippen LogP contribution in [0, 0.1) is 5.92 Å². The zero-order valence-corrected chi connectivity index (χ0v) is 9.17. The summed E-state index contributed by atoms with van der Waals surface area (Å²) in [5.74, 6) is 0.423. The molecule has 0 amide bonds. The number of hydrogen-bond acceptors (Lipinski definition) is 2. The van der Waals surface area contributed by atoms with Crippen LogP contribution in [-0.2, 0) is 5.60 Å². The third kappa shape index (κ3) is 1.44. The Bertz CT molecular complexity index is 308. The van der Waals surface area contributed by atoms with Gasteiger partial charge in [-0.1, -0.05) is 13.3 Å². The SMILES string of the molecule is CCCC1CC1(O)c1ccoc1Br. The van der Waals surface area contributed by atoms with Crippen LogP contribution in [0.5, 0.6) is 0 Å². The summed E-state index contributed by atoms with van der Waals surface area (Å²) in [6, 6.07) is 1.85. The van der Waals surface area contributed by atoms with Gasteiger partial charge in [0.25, 0.3) is 0 Å². The predicted molar refractivity (Wildman–Crippen MR) is 53.3 cm³/mol. The van der Waals surface area contributed by atoms with Gasteiger partial charge in [-0.3, -0.25) is 0 Å². The fourth-order valence-electron chi connectivity index (χ4n) is 1.94. The van der Waals surface area contributed by atoms with Gasteiger partial charge in [0.05, 0.1) is 11.9 Å². The summed E-state index contributed by atoms with van der Waals surface area (Å²) in [6.07, 6.45) is 4.70. The molecule has 0 aromatic carbocycles. The van der Waals surface area contributed by atoms with Gasteiger partial charge < -0.3 is 9.52 Å². The molecule has 13 heavy (non-hydrogen) atoms. The van der Waals surface area contributed by atoms with Crippen molar-refractivity contribution in [3.63, 3.8) is 0 Å². The summed E-state index contributed by atoms with van der Waals surface area (Å²) in [7, 11) is 0. The lowest BCUT2D eigenvalue weighted by Crippen LogP contribution is -2.07. The van der Waals surface area contributed by atoms with Crippen molar-refractivity contribution < 1.29 is 9.52 Å². The molecule has 1 aromatic rings. The lowest BCUT2D eigenvalue weighted by Gasteiger charge is -2.07. The monoisotopic (exact) mass is 244 g/mol. The van der Waals surface area contributed by atoms with Gasteiger partial charge in [0.1, 0.15) is 0 Å². The topological polar surface area (TPSA) is 33.4 Å². The Labute approximate surface area is 86.1 Å². The molecule has 0 bridgehead atoms. The van der Waals surface area contributed by atoms with Crippen molar-refractivity contribution in [3.05, 3.63) is 22.6 Å². The molecule has 1 aliphatic rings. The van der Waals surface area contributed by atoms with Crippen molar-refractivity contribution in [3.8, 4) is 0 Å². The second kappa shape index (κ2) is 3.14. The van der Waals surface area contributed by atoms with Crippen LogP contribution in [0.1, 0.15) is 31.7 Å². The zero-order valence-electron chi connectivity index (χ0n) is 7.59. The van der Waals surface area contributed by atoms with E-state index in [0.29, 0.717) is 10.6 Å². The zero-order chi connectivity index (χ0) is 9.47. The minimum atomic E-state index is -0.609. The first-order valence-electron chi connectivity index (χ1n) is 4.64. The Hall–Kier alpha value is -0.280. The minimum Gasteiger partial charge on any atom is -0.457 e. The maximum Gasteiger partial charge on any atom is 0.175 e. The van der Waals surface area contributed by atoms with Crippen molar-refractivity contribution in [2.75, 3.05) is 0 Å². The van der Waals surface area contributed by atoms with Gasteiger partial charge in [-0.15, -0.1) is 0 Å². The molecule has 2 unspecified atom stereocenters. The van der Waals surface area contributed by atoms with E-state index in [0.717, 1.165) is 24.8 Å². The Morgan fingerprint density at radius 1 is 1.77 bits per heavy atom. The van der Waals surface area contributed by atoms with E-state index in [1.165, 1.54) is 0 Å². The smallest absolute Gasteiger partial charge is 0.175 e. The van der Waals surface area contributed by atoms with Gasteiger partial charge in [-0.25, -0.2) is 0 Å². The molecule has 1 aromatic heterocycles. The molecule has 72 valence electrons. The quantitative estimate of drug-likeness (QED) is 0.887. The minimum absolute atomic E-state index is 0.423. The molecule has 2 atom stereocenters. The van der Waals surface area contributed by atoms with Crippen LogP contribution in [0.3, 0.4) is 0 Å². The average molecular weight is 245 g/mol. The normalized spacial score (nSPS) is 32.1. The summed E-state index contributed by atoms with van der Waals surface area (Å²) in [4.78, 5) is 0. The van der Waals surface area contributed by atoms with Crippen LogP contribution in [0.4, 0.5) is 0 Å². The summed E-state index contributed by atoms with van der Waals surface area (Å²) >= 11 is 3.29. The molecule has 1 heterocycles. The molecule has 0 spiro atoms. The fourth-order valence-corrected chi connectivity index (χ4v) is 2.52. The Morgan fingerprint density at radius 3 is 3.08 bits per heavy atom. The molecule has 2 nitrogen and oxygen atoms in total. The van der Waals surface area contributed by atoms with E-state index >= 15 is 0 Å². The van der Waals surface area contributed by atoms with Crippen molar-refractivity contribution in [1.29, 1.82) is 0 Å². The Kier molecular flexibility index (Phi) is 2.24. The number of furan rings is 1. The largest absolute Gasteiger partial charge is 0.457 e.